The molecular formula is C24H27N3O10S. The maximum absolute atomic E-state index is 11.7. The molecule has 14 heteroatoms. The third kappa shape index (κ3) is 6.34. The third-order valence-electron chi connectivity index (χ3n) is 5.98. The van der Waals surface area contributed by atoms with Crippen LogP contribution in [0.2, 0.25) is 0 Å². The molecule has 2 aliphatic heterocycles. The number of carboxylic acid groups (broad SMARTS) is 1. The monoisotopic (exact) mass is 549 g/mol. The van der Waals surface area contributed by atoms with Crippen molar-refractivity contribution in [2.75, 3.05) is 25.1 Å². The maximum Gasteiger partial charge on any atom is 0.335 e. The summed E-state index contributed by atoms with van der Waals surface area (Å²) in [6.07, 6.45) is -6.71. The van der Waals surface area contributed by atoms with Gasteiger partial charge in [-0.2, -0.15) is 0 Å². The second kappa shape index (κ2) is 12.0. The van der Waals surface area contributed by atoms with Crippen LogP contribution in [0.4, 0.5) is 10.6 Å². The Morgan fingerprint density at radius 1 is 1.13 bits per heavy atom. The molecule has 2 saturated heterocycles. The van der Waals surface area contributed by atoms with Crippen LogP contribution in [-0.4, -0.2) is 98.7 Å². The van der Waals surface area contributed by atoms with Crippen molar-refractivity contribution in [1.82, 2.24) is 10.3 Å². The van der Waals surface area contributed by atoms with Crippen LogP contribution in [-0.2, 0) is 20.7 Å². The maximum atomic E-state index is 11.7. The molecule has 3 heterocycles. The van der Waals surface area contributed by atoms with Crippen molar-refractivity contribution in [2.45, 2.75) is 42.4 Å². The van der Waals surface area contributed by atoms with Crippen molar-refractivity contribution < 1.29 is 49.0 Å². The fraction of sp³-hybridized carbons (Fsp3) is 0.417. The number of nitrogens with one attached hydrogen (secondary N) is 1. The fourth-order valence-electron chi connectivity index (χ4n) is 3.91. The van der Waals surface area contributed by atoms with Gasteiger partial charge < -0.3 is 39.5 Å². The number of thioether (sulfide) groups is 1. The minimum Gasteiger partial charge on any atom is -0.492 e. The van der Waals surface area contributed by atoms with E-state index in [-0.39, 0.29) is 23.5 Å². The summed E-state index contributed by atoms with van der Waals surface area (Å²) in [6.45, 7) is 0.624. The van der Waals surface area contributed by atoms with Crippen LogP contribution in [0.5, 0.6) is 11.5 Å². The molecule has 0 aliphatic carbocycles. The van der Waals surface area contributed by atoms with Gasteiger partial charge in [-0.1, -0.05) is 23.9 Å². The Morgan fingerprint density at radius 2 is 1.87 bits per heavy atom. The molecule has 2 aromatic rings. The molecule has 2 amide bonds. The van der Waals surface area contributed by atoms with Crippen molar-refractivity contribution in [3.63, 3.8) is 0 Å². The first-order chi connectivity index (χ1) is 18.1. The molecule has 0 bridgehead atoms. The lowest BCUT2D eigenvalue weighted by molar-refractivity contribution is -0.271. The number of carboxylic acids is 1. The summed E-state index contributed by atoms with van der Waals surface area (Å²) in [4.78, 5) is 40.4. The molecule has 0 saturated carbocycles. The van der Waals surface area contributed by atoms with Crippen molar-refractivity contribution in [1.29, 1.82) is 0 Å². The molecule has 204 valence electrons. The van der Waals surface area contributed by atoms with E-state index >= 15 is 0 Å². The second-order valence-corrected chi connectivity index (χ2v) is 9.85. The van der Waals surface area contributed by atoms with Gasteiger partial charge in [-0.25, -0.2) is 9.78 Å². The summed E-state index contributed by atoms with van der Waals surface area (Å²) in [5, 5.41) is 40.9. The lowest BCUT2D eigenvalue weighted by Gasteiger charge is -2.38. The number of benzene rings is 1. The summed E-state index contributed by atoms with van der Waals surface area (Å²) < 4.78 is 16.6. The average Bonchev–Trinajstić information content (AvgIpc) is 3.21. The van der Waals surface area contributed by atoms with Gasteiger partial charge in [0, 0.05) is 13.2 Å². The first-order valence-corrected chi connectivity index (χ1v) is 12.5. The van der Waals surface area contributed by atoms with Gasteiger partial charge in [-0.3, -0.25) is 14.9 Å². The number of rotatable bonds is 10. The highest BCUT2D eigenvalue weighted by molar-refractivity contribution is 8.15. The smallest absolute Gasteiger partial charge is 0.335 e. The summed E-state index contributed by atoms with van der Waals surface area (Å²) in [7, 11) is 1.73. The van der Waals surface area contributed by atoms with Crippen LogP contribution in [0.25, 0.3) is 0 Å². The number of aliphatic hydroxyl groups excluding tert-OH is 3. The molecule has 2 aliphatic rings. The number of imide groups is 1. The van der Waals surface area contributed by atoms with Gasteiger partial charge in [0.15, 0.2) is 17.7 Å². The Labute approximate surface area is 221 Å². The van der Waals surface area contributed by atoms with E-state index in [1.807, 2.05) is 12.1 Å². The fourth-order valence-corrected chi connectivity index (χ4v) is 4.76. The number of aromatic nitrogens is 1. The van der Waals surface area contributed by atoms with E-state index in [9.17, 15) is 34.8 Å². The second-order valence-electron chi connectivity index (χ2n) is 8.68. The number of nitrogens with zero attached hydrogens (tertiary/aromatic N) is 2. The highest BCUT2D eigenvalue weighted by Gasteiger charge is 2.48. The Morgan fingerprint density at radius 3 is 2.53 bits per heavy atom. The van der Waals surface area contributed by atoms with Gasteiger partial charge >= 0.3 is 5.97 Å². The van der Waals surface area contributed by atoms with Crippen molar-refractivity contribution in [3.05, 3.63) is 48.2 Å². The number of anilines is 1. The molecule has 2 fully saturated rings. The molecule has 6 atom stereocenters. The Hall–Kier alpha value is -3.43. The minimum atomic E-state index is -1.82. The topological polar surface area (TPSA) is 188 Å². The van der Waals surface area contributed by atoms with E-state index in [1.165, 1.54) is 12.3 Å². The van der Waals surface area contributed by atoms with E-state index in [4.69, 9.17) is 14.2 Å². The zero-order chi connectivity index (χ0) is 27.4. The highest BCUT2D eigenvalue weighted by Crippen LogP contribution is 2.30. The number of carbonyl (C=O) groups is 3. The largest absolute Gasteiger partial charge is 0.492 e. The molecule has 0 spiro atoms. The number of carbonyl (C=O) groups excluding carboxylic acids is 2. The number of aliphatic hydroxyl groups is 3. The van der Waals surface area contributed by atoms with E-state index in [2.05, 4.69) is 10.3 Å². The van der Waals surface area contributed by atoms with Gasteiger partial charge in [0.2, 0.25) is 12.2 Å². The predicted molar refractivity (Wildman–Crippen MR) is 133 cm³/mol. The molecule has 38 heavy (non-hydrogen) atoms. The molecule has 6 unspecified atom stereocenters. The SMILES string of the molecule is CN(CCOc1ccc(CC2SC(=O)NC2=O)cc1)c1ncccc1OC1OC(C(=O)O)C(O)C(O)C1O. The highest BCUT2D eigenvalue weighted by atomic mass is 32.2. The van der Waals surface area contributed by atoms with Crippen molar-refractivity contribution >= 4 is 34.7 Å². The number of ether oxygens (including phenoxy) is 3. The number of hydrogen-bond acceptors (Lipinski definition) is 12. The minimum absolute atomic E-state index is 0.156. The predicted octanol–water partition coefficient (Wildman–Crippen LogP) is -0.238. The first kappa shape index (κ1) is 27.6. The van der Waals surface area contributed by atoms with Crippen LogP contribution in [0.3, 0.4) is 0 Å². The number of likely N-dealkylation sites (N-methyl/N-ethyl adjacent to an activating group) is 1. The summed E-state index contributed by atoms with van der Waals surface area (Å²) in [5.74, 6) is -0.699. The first-order valence-electron chi connectivity index (χ1n) is 11.6. The third-order valence-corrected chi connectivity index (χ3v) is 6.96. The normalized spacial score (nSPS) is 27.1. The van der Waals surface area contributed by atoms with Gasteiger partial charge in [0.1, 0.15) is 30.7 Å². The molecule has 0 radical (unpaired) electrons. The Balaban J connectivity index is 1.32. The molecule has 13 nitrogen and oxygen atoms in total. The van der Waals surface area contributed by atoms with Gasteiger partial charge in [-0.05, 0) is 36.2 Å². The summed E-state index contributed by atoms with van der Waals surface area (Å²) in [5.41, 5.74) is 0.891. The lowest BCUT2D eigenvalue weighted by atomic mass is 9.99. The van der Waals surface area contributed by atoms with Gasteiger partial charge in [0.25, 0.3) is 5.24 Å². The molecule has 1 aromatic heterocycles. The number of pyridine rings is 1. The average molecular weight is 550 g/mol. The summed E-state index contributed by atoms with van der Waals surface area (Å²) in [6, 6.07) is 10.3. The van der Waals surface area contributed by atoms with E-state index in [0.717, 1.165) is 17.3 Å². The van der Waals surface area contributed by atoms with E-state index < -0.39 is 41.9 Å². The van der Waals surface area contributed by atoms with Crippen LogP contribution >= 0.6 is 11.8 Å². The van der Waals surface area contributed by atoms with Crippen molar-refractivity contribution in [3.8, 4) is 11.5 Å². The standard InChI is InChI=1S/C24H27N3O10S/c1-27(9-10-35-13-6-4-12(5-7-13)11-15-21(31)26-24(34)38-15)20-14(3-2-8-25-20)36-23-18(30)16(28)17(29)19(37-23)22(32)33/h2-8,15-19,23,28-30H,9-11H2,1H3,(H,32,33)(H,26,31,34). The van der Waals surface area contributed by atoms with Crippen LogP contribution < -0.4 is 19.7 Å². The van der Waals surface area contributed by atoms with Crippen LogP contribution in [0.15, 0.2) is 42.6 Å². The van der Waals surface area contributed by atoms with E-state index in [0.29, 0.717) is 24.5 Å². The number of hydrogen-bond donors (Lipinski definition) is 5. The van der Waals surface area contributed by atoms with Gasteiger partial charge in [-0.15, -0.1) is 0 Å². The summed E-state index contributed by atoms with van der Waals surface area (Å²) >= 11 is 0.977. The molecule has 1 aromatic carbocycles. The van der Waals surface area contributed by atoms with Crippen molar-refractivity contribution in [2.24, 2.45) is 0 Å². The molecule has 5 N–H and O–H groups in total. The van der Waals surface area contributed by atoms with Crippen LogP contribution in [0, 0.1) is 0 Å². The molecular weight excluding hydrogens is 522 g/mol. The molecule has 4 rings (SSSR count). The van der Waals surface area contributed by atoms with Gasteiger partial charge in [0.05, 0.1) is 11.8 Å². The zero-order valence-corrected chi connectivity index (χ0v) is 21.0. The number of aliphatic carboxylic acids is 1. The lowest BCUT2D eigenvalue weighted by Crippen LogP contribution is -2.61. The van der Waals surface area contributed by atoms with E-state index in [1.54, 1.807) is 30.1 Å². The Kier molecular flexibility index (Phi) is 8.69. The number of amides is 2. The van der Waals surface area contributed by atoms with Crippen LogP contribution in [0.1, 0.15) is 5.56 Å². The Bertz CT molecular complexity index is 1170. The quantitative estimate of drug-likeness (QED) is 0.261. The zero-order valence-electron chi connectivity index (χ0n) is 20.2.